The van der Waals surface area contributed by atoms with Crippen molar-refractivity contribution in [2.45, 2.75) is 13.2 Å². The Kier molecular flexibility index (Phi) is 4.17. The summed E-state index contributed by atoms with van der Waals surface area (Å²) >= 11 is 3.34. The van der Waals surface area contributed by atoms with Crippen molar-refractivity contribution in [1.82, 2.24) is 4.98 Å². The third-order valence-electron chi connectivity index (χ3n) is 2.18. The van der Waals surface area contributed by atoms with E-state index < -0.39 is 0 Å². The maximum Gasteiger partial charge on any atom is 0.129 e. The number of methoxy groups -OCH3 is 1. The molecule has 1 N–H and O–H groups in total. The smallest absolute Gasteiger partial charge is 0.129 e. The van der Waals surface area contributed by atoms with Crippen molar-refractivity contribution in [1.29, 1.82) is 0 Å². The standard InChI is InChI=1S/C12H13BrN2O2/c1-16-8-11-4-3-10(17-11)7-15-12-5-2-9(13)6-14-12/h2-6H,7-8H2,1H3,(H,14,15). The van der Waals surface area contributed by atoms with E-state index in [0.717, 1.165) is 21.8 Å². The molecule has 0 unspecified atom stereocenters. The lowest BCUT2D eigenvalue weighted by Gasteiger charge is -2.03. The van der Waals surface area contributed by atoms with E-state index in [9.17, 15) is 0 Å². The van der Waals surface area contributed by atoms with Crippen LogP contribution in [0.2, 0.25) is 0 Å². The fourth-order valence-electron chi connectivity index (χ4n) is 1.40. The second-order valence-corrected chi connectivity index (χ2v) is 4.43. The van der Waals surface area contributed by atoms with Gasteiger partial charge in [-0.05, 0) is 40.2 Å². The molecule has 0 aliphatic rings. The molecule has 17 heavy (non-hydrogen) atoms. The van der Waals surface area contributed by atoms with Gasteiger partial charge in [0.25, 0.3) is 0 Å². The number of nitrogens with one attached hydrogen (secondary N) is 1. The molecule has 2 rings (SSSR count). The van der Waals surface area contributed by atoms with Crippen molar-refractivity contribution >= 4 is 21.7 Å². The van der Waals surface area contributed by atoms with Crippen LogP contribution in [0.1, 0.15) is 11.5 Å². The summed E-state index contributed by atoms with van der Waals surface area (Å²) in [6.45, 7) is 1.11. The first kappa shape index (κ1) is 12.1. The molecule has 2 heterocycles. The number of furan rings is 1. The average molecular weight is 297 g/mol. The van der Waals surface area contributed by atoms with Gasteiger partial charge in [-0.15, -0.1) is 0 Å². The van der Waals surface area contributed by atoms with Crippen LogP contribution in [-0.2, 0) is 17.9 Å². The Bertz CT molecular complexity index is 468. The second kappa shape index (κ2) is 5.84. The van der Waals surface area contributed by atoms with Crippen molar-refractivity contribution in [3.63, 3.8) is 0 Å². The molecule has 5 heteroatoms. The number of ether oxygens (including phenoxy) is 1. The van der Waals surface area contributed by atoms with E-state index in [1.807, 2.05) is 24.3 Å². The highest BCUT2D eigenvalue weighted by molar-refractivity contribution is 9.10. The molecule has 90 valence electrons. The zero-order valence-electron chi connectivity index (χ0n) is 9.44. The van der Waals surface area contributed by atoms with Gasteiger partial charge in [-0.25, -0.2) is 4.98 Å². The lowest BCUT2D eigenvalue weighted by molar-refractivity contribution is 0.163. The Morgan fingerprint density at radius 3 is 2.82 bits per heavy atom. The minimum atomic E-state index is 0.497. The van der Waals surface area contributed by atoms with Gasteiger partial charge >= 0.3 is 0 Å². The summed E-state index contributed by atoms with van der Waals surface area (Å²) in [5, 5.41) is 3.18. The van der Waals surface area contributed by atoms with Crippen molar-refractivity contribution in [3.8, 4) is 0 Å². The highest BCUT2D eigenvalue weighted by atomic mass is 79.9. The number of aromatic nitrogens is 1. The normalized spacial score (nSPS) is 10.5. The minimum Gasteiger partial charge on any atom is -0.462 e. The molecule has 0 aliphatic heterocycles. The van der Waals surface area contributed by atoms with Gasteiger partial charge in [0.1, 0.15) is 23.9 Å². The number of hydrogen-bond donors (Lipinski definition) is 1. The second-order valence-electron chi connectivity index (χ2n) is 3.52. The van der Waals surface area contributed by atoms with Crippen LogP contribution in [-0.4, -0.2) is 12.1 Å². The van der Waals surface area contributed by atoms with E-state index in [1.165, 1.54) is 0 Å². The number of halogens is 1. The highest BCUT2D eigenvalue weighted by Crippen LogP contribution is 2.13. The molecule has 0 bridgehead atoms. The zero-order chi connectivity index (χ0) is 12.1. The summed E-state index contributed by atoms with van der Waals surface area (Å²) in [7, 11) is 1.65. The minimum absolute atomic E-state index is 0.497. The SMILES string of the molecule is COCc1ccc(CNc2ccc(Br)cn2)o1. The quantitative estimate of drug-likeness (QED) is 0.920. The fourth-order valence-corrected chi connectivity index (χ4v) is 1.63. The van der Waals surface area contributed by atoms with Gasteiger partial charge in [0.05, 0.1) is 6.54 Å². The van der Waals surface area contributed by atoms with Gasteiger partial charge in [-0.3, -0.25) is 0 Å². The molecule has 2 aromatic rings. The van der Waals surface area contributed by atoms with E-state index in [4.69, 9.17) is 9.15 Å². The number of nitrogens with zero attached hydrogens (tertiary/aromatic N) is 1. The summed E-state index contributed by atoms with van der Waals surface area (Å²) in [6.07, 6.45) is 1.75. The first-order valence-electron chi connectivity index (χ1n) is 5.20. The fraction of sp³-hybridized carbons (Fsp3) is 0.250. The van der Waals surface area contributed by atoms with E-state index in [-0.39, 0.29) is 0 Å². The van der Waals surface area contributed by atoms with Gasteiger partial charge in [0.2, 0.25) is 0 Å². The van der Waals surface area contributed by atoms with Gasteiger partial charge in [-0.2, -0.15) is 0 Å². The molecule has 0 aliphatic carbocycles. The van der Waals surface area contributed by atoms with Crippen molar-refractivity contribution in [2.75, 3.05) is 12.4 Å². The predicted octanol–water partition coefficient (Wildman–Crippen LogP) is 3.20. The molecule has 2 aromatic heterocycles. The molecule has 0 spiro atoms. The molecule has 4 nitrogen and oxygen atoms in total. The monoisotopic (exact) mass is 296 g/mol. The lowest BCUT2D eigenvalue weighted by atomic mass is 10.4. The zero-order valence-corrected chi connectivity index (χ0v) is 11.0. The van der Waals surface area contributed by atoms with Crippen LogP contribution in [0.4, 0.5) is 5.82 Å². The molecular weight excluding hydrogens is 284 g/mol. The van der Waals surface area contributed by atoms with Crippen LogP contribution in [0.25, 0.3) is 0 Å². The third kappa shape index (κ3) is 3.57. The highest BCUT2D eigenvalue weighted by Gasteiger charge is 2.01. The molecule has 0 fully saturated rings. The topological polar surface area (TPSA) is 47.3 Å². The van der Waals surface area contributed by atoms with E-state index in [2.05, 4.69) is 26.2 Å². The van der Waals surface area contributed by atoms with Crippen molar-refractivity contribution < 1.29 is 9.15 Å². The molecule has 0 saturated heterocycles. The molecule has 0 saturated carbocycles. The molecule has 0 radical (unpaired) electrons. The Labute approximate surface area is 108 Å². The molecule has 0 aromatic carbocycles. The third-order valence-corrected chi connectivity index (χ3v) is 2.64. The summed E-state index contributed by atoms with van der Waals surface area (Å²) in [5.41, 5.74) is 0. The Morgan fingerprint density at radius 1 is 1.29 bits per heavy atom. The van der Waals surface area contributed by atoms with Gasteiger partial charge in [0, 0.05) is 17.8 Å². The van der Waals surface area contributed by atoms with Gasteiger partial charge in [-0.1, -0.05) is 0 Å². The average Bonchev–Trinajstić information content (AvgIpc) is 2.77. The number of anilines is 1. The van der Waals surface area contributed by atoms with Crippen LogP contribution in [0, 0.1) is 0 Å². The maximum atomic E-state index is 5.54. The summed E-state index contributed by atoms with van der Waals surface area (Å²) in [4.78, 5) is 4.21. The summed E-state index contributed by atoms with van der Waals surface area (Å²) in [6, 6.07) is 7.69. The van der Waals surface area contributed by atoms with Crippen LogP contribution < -0.4 is 5.32 Å². The van der Waals surface area contributed by atoms with Crippen LogP contribution in [0.15, 0.2) is 39.4 Å². The van der Waals surface area contributed by atoms with Crippen molar-refractivity contribution in [2.24, 2.45) is 0 Å². The van der Waals surface area contributed by atoms with Crippen LogP contribution >= 0.6 is 15.9 Å². The van der Waals surface area contributed by atoms with E-state index >= 15 is 0 Å². The molecule has 0 amide bonds. The maximum absolute atomic E-state index is 5.54. The largest absolute Gasteiger partial charge is 0.462 e. The van der Waals surface area contributed by atoms with Crippen molar-refractivity contribution in [3.05, 3.63) is 46.5 Å². The van der Waals surface area contributed by atoms with Crippen LogP contribution in [0.5, 0.6) is 0 Å². The summed E-state index contributed by atoms with van der Waals surface area (Å²) < 4.78 is 11.5. The first-order chi connectivity index (χ1) is 8.28. The predicted molar refractivity (Wildman–Crippen MR) is 68.7 cm³/mol. The van der Waals surface area contributed by atoms with Gasteiger partial charge in [0.15, 0.2) is 0 Å². The summed E-state index contributed by atoms with van der Waals surface area (Å²) in [5.74, 6) is 2.51. The molecular formula is C12H13BrN2O2. The van der Waals surface area contributed by atoms with E-state index in [1.54, 1.807) is 13.3 Å². The number of hydrogen-bond acceptors (Lipinski definition) is 4. The molecule has 0 atom stereocenters. The first-order valence-corrected chi connectivity index (χ1v) is 5.99. The number of pyridine rings is 1. The Morgan fingerprint density at radius 2 is 2.12 bits per heavy atom. The van der Waals surface area contributed by atoms with E-state index in [0.29, 0.717) is 13.2 Å². The number of rotatable bonds is 5. The Balaban J connectivity index is 1.90. The lowest BCUT2D eigenvalue weighted by Crippen LogP contribution is -1.99. The van der Waals surface area contributed by atoms with Crippen LogP contribution in [0.3, 0.4) is 0 Å². The van der Waals surface area contributed by atoms with Gasteiger partial charge < -0.3 is 14.5 Å². The Hall–Kier alpha value is -1.33.